The van der Waals surface area contributed by atoms with Crippen molar-refractivity contribution in [3.8, 4) is 0 Å². The van der Waals surface area contributed by atoms with Gasteiger partial charge in [0.2, 0.25) is 5.91 Å². The summed E-state index contributed by atoms with van der Waals surface area (Å²) in [5.41, 5.74) is 6.51. The number of rotatable bonds is 4. The summed E-state index contributed by atoms with van der Waals surface area (Å²) < 4.78 is 0. The van der Waals surface area contributed by atoms with Crippen LogP contribution in [0.2, 0.25) is 0 Å². The highest BCUT2D eigenvalue weighted by atomic mass is 16.2. The number of hydrogen-bond donors (Lipinski definition) is 2. The van der Waals surface area contributed by atoms with Crippen LogP contribution < -0.4 is 11.1 Å². The molecule has 0 aromatic heterocycles. The molecule has 5 heteroatoms. The van der Waals surface area contributed by atoms with Gasteiger partial charge in [-0.1, -0.05) is 26.0 Å². The second-order valence-corrected chi connectivity index (χ2v) is 6.29. The lowest BCUT2D eigenvalue weighted by atomic mass is 9.91. The molecule has 2 amide bonds. The maximum Gasteiger partial charge on any atom is 0.255 e. The Morgan fingerprint density at radius 2 is 1.86 bits per heavy atom. The minimum atomic E-state index is -0.164. The number of likely N-dealkylation sites (tertiary alicyclic amines) is 1. The zero-order chi connectivity index (χ0) is 16.1. The molecule has 0 spiro atoms. The van der Waals surface area contributed by atoms with Crippen molar-refractivity contribution < 1.29 is 9.59 Å². The number of nitrogens with one attached hydrogen (secondary N) is 1. The molecule has 2 atom stereocenters. The maximum atomic E-state index is 12.8. The molecule has 0 radical (unpaired) electrons. The van der Waals surface area contributed by atoms with Gasteiger partial charge in [0.15, 0.2) is 0 Å². The Labute approximate surface area is 131 Å². The fourth-order valence-electron chi connectivity index (χ4n) is 3.12. The lowest BCUT2D eigenvalue weighted by molar-refractivity contribution is -0.116. The van der Waals surface area contributed by atoms with Crippen LogP contribution in [0.1, 0.15) is 37.0 Å². The van der Waals surface area contributed by atoms with Gasteiger partial charge in [0.1, 0.15) is 0 Å². The Bertz CT molecular complexity index is 534. The fraction of sp³-hybridized carbons (Fsp3) is 0.529. The Morgan fingerprint density at radius 3 is 2.50 bits per heavy atom. The fourth-order valence-corrected chi connectivity index (χ4v) is 3.12. The molecule has 1 aliphatic rings. The largest absolute Gasteiger partial charge is 0.338 e. The van der Waals surface area contributed by atoms with E-state index in [0.717, 1.165) is 19.5 Å². The minimum Gasteiger partial charge on any atom is -0.338 e. The minimum absolute atomic E-state index is 0.0120. The summed E-state index contributed by atoms with van der Waals surface area (Å²) in [5.74, 6) is 0.837. The average Bonchev–Trinajstić information content (AvgIpc) is 2.46. The van der Waals surface area contributed by atoms with E-state index >= 15 is 0 Å². The summed E-state index contributed by atoms with van der Waals surface area (Å²) in [6.45, 7) is 6.18. The Morgan fingerprint density at radius 1 is 1.23 bits per heavy atom. The Hall–Kier alpha value is -1.88. The molecule has 0 aliphatic carbocycles. The number of para-hydroxylation sites is 1. The molecule has 1 heterocycles. The molecule has 1 aliphatic heterocycles. The third-order valence-electron chi connectivity index (χ3n) is 3.96. The van der Waals surface area contributed by atoms with E-state index in [0.29, 0.717) is 29.6 Å². The zero-order valence-electron chi connectivity index (χ0n) is 13.3. The van der Waals surface area contributed by atoms with E-state index in [1.165, 1.54) is 0 Å². The topological polar surface area (TPSA) is 75.4 Å². The van der Waals surface area contributed by atoms with Crippen LogP contribution >= 0.6 is 0 Å². The van der Waals surface area contributed by atoms with Gasteiger partial charge in [-0.3, -0.25) is 9.59 Å². The van der Waals surface area contributed by atoms with Crippen LogP contribution in [0.4, 0.5) is 5.69 Å². The van der Waals surface area contributed by atoms with Crippen LogP contribution in [-0.4, -0.2) is 36.3 Å². The van der Waals surface area contributed by atoms with Gasteiger partial charge in [-0.15, -0.1) is 0 Å². The highest BCUT2D eigenvalue weighted by Crippen LogP contribution is 2.25. The zero-order valence-corrected chi connectivity index (χ0v) is 13.3. The molecule has 0 saturated carbocycles. The molecule has 2 rings (SSSR count). The predicted octanol–water partition coefficient (Wildman–Crippen LogP) is 2.09. The van der Waals surface area contributed by atoms with Crippen molar-refractivity contribution in [2.45, 2.75) is 26.7 Å². The van der Waals surface area contributed by atoms with Crippen molar-refractivity contribution in [3.05, 3.63) is 29.8 Å². The second-order valence-electron chi connectivity index (χ2n) is 6.29. The molecule has 1 aromatic carbocycles. The Balaban J connectivity index is 2.17. The molecule has 1 fully saturated rings. The number of piperidine rings is 1. The van der Waals surface area contributed by atoms with Gasteiger partial charge in [0.25, 0.3) is 5.91 Å². The van der Waals surface area contributed by atoms with Gasteiger partial charge < -0.3 is 16.0 Å². The maximum absolute atomic E-state index is 12.8. The van der Waals surface area contributed by atoms with Crippen molar-refractivity contribution in [3.63, 3.8) is 0 Å². The number of carbonyl (C=O) groups is 2. The Kier molecular flexibility index (Phi) is 5.55. The molecule has 22 heavy (non-hydrogen) atoms. The summed E-state index contributed by atoms with van der Waals surface area (Å²) >= 11 is 0. The van der Waals surface area contributed by atoms with Gasteiger partial charge in [0, 0.05) is 26.1 Å². The summed E-state index contributed by atoms with van der Waals surface area (Å²) in [7, 11) is 0. The van der Waals surface area contributed by atoms with Crippen molar-refractivity contribution in [1.82, 2.24) is 4.90 Å². The second kappa shape index (κ2) is 7.40. The van der Waals surface area contributed by atoms with Crippen molar-refractivity contribution in [2.75, 3.05) is 25.0 Å². The number of benzene rings is 1. The first-order valence-electron chi connectivity index (χ1n) is 7.89. The van der Waals surface area contributed by atoms with Crippen molar-refractivity contribution in [2.24, 2.45) is 17.6 Å². The smallest absolute Gasteiger partial charge is 0.255 e. The molecule has 2 unspecified atom stereocenters. The highest BCUT2D eigenvalue weighted by Gasteiger charge is 2.27. The van der Waals surface area contributed by atoms with Crippen molar-refractivity contribution >= 4 is 17.5 Å². The molecule has 0 bridgehead atoms. The summed E-state index contributed by atoms with van der Waals surface area (Å²) in [5, 5.41) is 2.79. The quantitative estimate of drug-likeness (QED) is 0.894. The lowest BCUT2D eigenvalue weighted by Crippen LogP contribution is -2.42. The molecule has 120 valence electrons. The molecular weight excluding hydrogens is 278 g/mol. The van der Waals surface area contributed by atoms with E-state index in [1.807, 2.05) is 17.0 Å². The standard InChI is InChI=1S/C17H25N3O2/c1-12-9-13(2)11-20(10-12)17(22)14-5-3-4-6-15(14)19-16(21)7-8-18/h3-6,12-13H,7-11,18H2,1-2H3,(H,19,21). The van der Waals surface area contributed by atoms with E-state index in [1.54, 1.807) is 12.1 Å². The first kappa shape index (κ1) is 16.5. The third-order valence-corrected chi connectivity index (χ3v) is 3.96. The van der Waals surface area contributed by atoms with Gasteiger partial charge in [-0.25, -0.2) is 0 Å². The van der Waals surface area contributed by atoms with Gasteiger partial charge >= 0.3 is 0 Å². The van der Waals surface area contributed by atoms with E-state index < -0.39 is 0 Å². The lowest BCUT2D eigenvalue weighted by Gasteiger charge is -2.35. The first-order chi connectivity index (χ1) is 10.5. The summed E-state index contributed by atoms with van der Waals surface area (Å²) in [6.07, 6.45) is 1.40. The molecule has 3 N–H and O–H groups in total. The van der Waals surface area contributed by atoms with Crippen molar-refractivity contribution in [1.29, 1.82) is 0 Å². The van der Waals surface area contributed by atoms with Crippen LogP contribution in [-0.2, 0) is 4.79 Å². The van der Waals surface area contributed by atoms with Crippen LogP contribution in [0.5, 0.6) is 0 Å². The summed E-state index contributed by atoms with van der Waals surface area (Å²) in [4.78, 5) is 26.4. The molecule has 5 nitrogen and oxygen atoms in total. The van der Waals surface area contributed by atoms with Crippen LogP contribution in [0.15, 0.2) is 24.3 Å². The van der Waals surface area contributed by atoms with Crippen LogP contribution in [0.3, 0.4) is 0 Å². The van der Waals surface area contributed by atoms with E-state index in [9.17, 15) is 9.59 Å². The van der Waals surface area contributed by atoms with Crippen LogP contribution in [0, 0.1) is 11.8 Å². The molecular formula is C17H25N3O2. The van der Waals surface area contributed by atoms with Gasteiger partial charge in [0.05, 0.1) is 11.3 Å². The van der Waals surface area contributed by atoms with E-state index in [2.05, 4.69) is 19.2 Å². The first-order valence-corrected chi connectivity index (χ1v) is 7.89. The number of nitrogens with two attached hydrogens (primary N) is 1. The average molecular weight is 303 g/mol. The third kappa shape index (κ3) is 4.07. The van der Waals surface area contributed by atoms with Gasteiger partial charge in [-0.05, 0) is 30.4 Å². The molecule has 1 aromatic rings. The number of anilines is 1. The number of carbonyl (C=O) groups excluding carboxylic acids is 2. The normalized spacial score (nSPS) is 21.5. The highest BCUT2D eigenvalue weighted by molar-refractivity contribution is 6.03. The number of nitrogens with zero attached hydrogens (tertiary/aromatic N) is 1. The summed E-state index contributed by atoms with van der Waals surface area (Å²) in [6, 6.07) is 7.17. The van der Waals surface area contributed by atoms with Gasteiger partial charge in [-0.2, -0.15) is 0 Å². The number of hydrogen-bond acceptors (Lipinski definition) is 3. The van der Waals surface area contributed by atoms with E-state index in [4.69, 9.17) is 5.73 Å². The van der Waals surface area contributed by atoms with Crippen LogP contribution in [0.25, 0.3) is 0 Å². The van der Waals surface area contributed by atoms with E-state index in [-0.39, 0.29) is 18.2 Å². The predicted molar refractivity (Wildman–Crippen MR) is 87.6 cm³/mol. The molecule has 1 saturated heterocycles. The monoisotopic (exact) mass is 303 g/mol. The SMILES string of the molecule is CC1CC(C)CN(C(=O)c2ccccc2NC(=O)CCN)C1. The number of amides is 2.